The summed E-state index contributed by atoms with van der Waals surface area (Å²) in [4.78, 5) is 0. The Morgan fingerprint density at radius 2 is 1.94 bits per heavy atom. The van der Waals surface area contributed by atoms with Crippen molar-refractivity contribution in [2.45, 2.75) is 19.4 Å². The molecule has 0 bridgehead atoms. The lowest BCUT2D eigenvalue weighted by molar-refractivity contribution is 0.171. The molecule has 1 aliphatic rings. The third-order valence-electron chi connectivity index (χ3n) is 3.19. The second-order valence-corrected chi connectivity index (χ2v) is 4.48. The van der Waals surface area contributed by atoms with Gasteiger partial charge in [0.2, 0.25) is 0 Å². The fraction of sp³-hybridized carbons (Fsp3) is 0.538. The van der Waals surface area contributed by atoms with Crippen molar-refractivity contribution in [3.63, 3.8) is 0 Å². The van der Waals surface area contributed by atoms with Crippen molar-refractivity contribution in [3.05, 3.63) is 23.8 Å². The molecular formula is C13H20N2O2. The number of hydrogen-bond donors (Lipinski definition) is 2. The molecule has 2 atom stereocenters. The first-order chi connectivity index (χ1) is 8.22. The highest BCUT2D eigenvalue weighted by Gasteiger charge is 2.18. The molecule has 0 saturated heterocycles. The number of ether oxygens (including phenoxy) is 2. The lowest BCUT2D eigenvalue weighted by Gasteiger charge is -2.23. The van der Waals surface area contributed by atoms with E-state index in [9.17, 15) is 0 Å². The molecule has 1 aromatic carbocycles. The number of nitrogens with two attached hydrogens (primary N) is 2. The van der Waals surface area contributed by atoms with Crippen molar-refractivity contribution in [3.8, 4) is 11.5 Å². The Labute approximate surface area is 102 Å². The van der Waals surface area contributed by atoms with Gasteiger partial charge in [-0.25, -0.2) is 0 Å². The summed E-state index contributed by atoms with van der Waals surface area (Å²) in [7, 11) is 0. The van der Waals surface area contributed by atoms with Crippen LogP contribution in [0, 0.1) is 5.92 Å². The largest absolute Gasteiger partial charge is 0.486 e. The highest BCUT2D eigenvalue weighted by atomic mass is 16.6. The van der Waals surface area contributed by atoms with E-state index in [4.69, 9.17) is 20.9 Å². The van der Waals surface area contributed by atoms with Crippen molar-refractivity contribution in [2.75, 3.05) is 19.8 Å². The minimum Gasteiger partial charge on any atom is -0.486 e. The molecule has 4 heteroatoms. The average molecular weight is 236 g/mol. The maximum atomic E-state index is 6.21. The van der Waals surface area contributed by atoms with E-state index in [-0.39, 0.29) is 6.04 Å². The minimum absolute atomic E-state index is 0.00521. The molecule has 1 aromatic rings. The van der Waals surface area contributed by atoms with Gasteiger partial charge in [-0.3, -0.25) is 0 Å². The lowest BCUT2D eigenvalue weighted by atomic mass is 9.92. The van der Waals surface area contributed by atoms with E-state index < -0.39 is 0 Å². The number of hydrogen-bond acceptors (Lipinski definition) is 4. The predicted molar refractivity (Wildman–Crippen MR) is 67.2 cm³/mol. The predicted octanol–water partition coefficient (Wildman–Crippen LogP) is 1.44. The fourth-order valence-corrected chi connectivity index (χ4v) is 2.04. The zero-order chi connectivity index (χ0) is 12.3. The summed E-state index contributed by atoms with van der Waals surface area (Å²) in [5, 5.41) is 0. The van der Waals surface area contributed by atoms with Gasteiger partial charge in [0, 0.05) is 6.04 Å². The molecule has 4 N–H and O–H groups in total. The summed E-state index contributed by atoms with van der Waals surface area (Å²) in [6, 6.07) is 5.91. The Morgan fingerprint density at radius 3 is 2.65 bits per heavy atom. The van der Waals surface area contributed by atoms with Crippen LogP contribution in [0.4, 0.5) is 0 Å². The lowest BCUT2D eigenvalue weighted by Crippen LogP contribution is -2.22. The standard InChI is InChI=1S/C13H20N2O2/c1-9(4-5-14)13(15)10-2-3-11-12(8-10)17-7-6-16-11/h2-3,8-9,13H,4-7,14-15H2,1H3. The molecule has 94 valence electrons. The number of benzene rings is 1. The molecule has 0 fully saturated rings. The van der Waals surface area contributed by atoms with Crippen LogP contribution in [0.2, 0.25) is 0 Å². The Kier molecular flexibility index (Phi) is 3.86. The van der Waals surface area contributed by atoms with Crippen LogP contribution in [0.5, 0.6) is 11.5 Å². The molecule has 0 saturated carbocycles. The second kappa shape index (κ2) is 5.38. The zero-order valence-electron chi connectivity index (χ0n) is 10.2. The Morgan fingerprint density at radius 1 is 1.24 bits per heavy atom. The van der Waals surface area contributed by atoms with Crippen molar-refractivity contribution in [2.24, 2.45) is 17.4 Å². The third kappa shape index (κ3) is 2.70. The Hall–Kier alpha value is -1.26. The molecule has 0 radical (unpaired) electrons. The van der Waals surface area contributed by atoms with Crippen molar-refractivity contribution >= 4 is 0 Å². The first kappa shape index (κ1) is 12.2. The van der Waals surface area contributed by atoms with Gasteiger partial charge in [0.1, 0.15) is 13.2 Å². The van der Waals surface area contributed by atoms with Gasteiger partial charge >= 0.3 is 0 Å². The summed E-state index contributed by atoms with van der Waals surface area (Å²) in [6.45, 7) is 4.00. The van der Waals surface area contributed by atoms with Gasteiger partial charge in [0.15, 0.2) is 11.5 Å². The van der Waals surface area contributed by atoms with E-state index in [0.29, 0.717) is 25.7 Å². The summed E-state index contributed by atoms with van der Waals surface area (Å²) in [6.07, 6.45) is 0.926. The molecule has 1 aliphatic heterocycles. The van der Waals surface area contributed by atoms with Crippen LogP contribution < -0.4 is 20.9 Å². The van der Waals surface area contributed by atoms with Crippen LogP contribution >= 0.6 is 0 Å². The van der Waals surface area contributed by atoms with Crippen molar-refractivity contribution in [1.29, 1.82) is 0 Å². The van der Waals surface area contributed by atoms with Crippen LogP contribution in [-0.2, 0) is 0 Å². The molecule has 0 spiro atoms. The van der Waals surface area contributed by atoms with E-state index >= 15 is 0 Å². The van der Waals surface area contributed by atoms with Crippen LogP contribution in [0.25, 0.3) is 0 Å². The fourth-order valence-electron chi connectivity index (χ4n) is 2.04. The van der Waals surface area contributed by atoms with E-state index in [1.54, 1.807) is 0 Å². The van der Waals surface area contributed by atoms with Crippen molar-refractivity contribution < 1.29 is 9.47 Å². The maximum absolute atomic E-state index is 6.21. The molecule has 0 aromatic heterocycles. The zero-order valence-corrected chi connectivity index (χ0v) is 10.2. The summed E-state index contributed by atoms with van der Waals surface area (Å²) >= 11 is 0. The minimum atomic E-state index is -0.00521. The molecule has 4 nitrogen and oxygen atoms in total. The summed E-state index contributed by atoms with van der Waals surface area (Å²) < 4.78 is 11.0. The topological polar surface area (TPSA) is 70.5 Å². The smallest absolute Gasteiger partial charge is 0.161 e. The summed E-state index contributed by atoms with van der Waals surface area (Å²) in [5.74, 6) is 1.96. The van der Waals surface area contributed by atoms with Gasteiger partial charge in [-0.15, -0.1) is 0 Å². The van der Waals surface area contributed by atoms with E-state index in [0.717, 1.165) is 23.5 Å². The monoisotopic (exact) mass is 236 g/mol. The van der Waals surface area contributed by atoms with Gasteiger partial charge in [-0.05, 0) is 36.6 Å². The molecular weight excluding hydrogens is 216 g/mol. The first-order valence-corrected chi connectivity index (χ1v) is 6.07. The van der Waals surface area contributed by atoms with Crippen molar-refractivity contribution in [1.82, 2.24) is 0 Å². The average Bonchev–Trinajstić information content (AvgIpc) is 2.37. The SMILES string of the molecule is CC(CCN)C(N)c1ccc2c(c1)OCCO2. The second-order valence-electron chi connectivity index (χ2n) is 4.48. The summed E-state index contributed by atoms with van der Waals surface area (Å²) in [5.41, 5.74) is 12.8. The molecule has 2 rings (SSSR count). The van der Waals surface area contributed by atoms with Crippen LogP contribution in [0.1, 0.15) is 24.9 Å². The Balaban J connectivity index is 2.15. The molecule has 2 unspecified atom stereocenters. The van der Waals surface area contributed by atoms with E-state index in [1.807, 2.05) is 18.2 Å². The normalized spacial score (nSPS) is 17.6. The molecule has 0 amide bonds. The third-order valence-corrected chi connectivity index (χ3v) is 3.19. The van der Waals surface area contributed by atoms with E-state index in [1.165, 1.54) is 0 Å². The molecule has 0 aliphatic carbocycles. The number of rotatable bonds is 4. The maximum Gasteiger partial charge on any atom is 0.161 e. The van der Waals surface area contributed by atoms with Gasteiger partial charge in [-0.2, -0.15) is 0 Å². The van der Waals surface area contributed by atoms with Crippen LogP contribution in [-0.4, -0.2) is 19.8 Å². The molecule has 1 heterocycles. The quantitative estimate of drug-likeness (QED) is 0.830. The van der Waals surface area contributed by atoms with Gasteiger partial charge in [-0.1, -0.05) is 13.0 Å². The van der Waals surface area contributed by atoms with Crippen LogP contribution in [0.15, 0.2) is 18.2 Å². The Bertz CT molecular complexity index is 382. The highest BCUT2D eigenvalue weighted by molar-refractivity contribution is 5.44. The van der Waals surface area contributed by atoms with Gasteiger partial charge in [0.25, 0.3) is 0 Å². The van der Waals surface area contributed by atoms with E-state index in [2.05, 4.69) is 6.92 Å². The van der Waals surface area contributed by atoms with Crippen LogP contribution in [0.3, 0.4) is 0 Å². The van der Waals surface area contributed by atoms with Gasteiger partial charge in [0.05, 0.1) is 0 Å². The number of fused-ring (bicyclic) bond motifs is 1. The molecule has 17 heavy (non-hydrogen) atoms. The highest BCUT2D eigenvalue weighted by Crippen LogP contribution is 2.33. The first-order valence-electron chi connectivity index (χ1n) is 6.07. The van der Waals surface area contributed by atoms with Gasteiger partial charge < -0.3 is 20.9 Å².